The van der Waals surface area contributed by atoms with Crippen LogP contribution >= 0.6 is 0 Å². The van der Waals surface area contributed by atoms with E-state index in [1.54, 1.807) is 0 Å². The van der Waals surface area contributed by atoms with Crippen LogP contribution in [0.25, 0.3) is 0 Å². The summed E-state index contributed by atoms with van der Waals surface area (Å²) in [4.78, 5) is 13.6. The highest BCUT2D eigenvalue weighted by atomic mass is 16.5. The minimum absolute atomic E-state index is 0.139. The number of carbonyl (C=O) groups excluding carboxylic acids is 1. The molecule has 0 aromatic carbocycles. The van der Waals surface area contributed by atoms with Crippen molar-refractivity contribution in [2.24, 2.45) is 0 Å². The summed E-state index contributed by atoms with van der Waals surface area (Å²) in [6.45, 7) is 6.48. The van der Waals surface area contributed by atoms with Crippen LogP contribution in [0.2, 0.25) is 0 Å². The maximum absolute atomic E-state index is 11.5. The van der Waals surface area contributed by atoms with E-state index in [0.717, 1.165) is 45.2 Å². The number of ether oxygens (including phenoxy) is 1. The van der Waals surface area contributed by atoms with E-state index < -0.39 is 5.60 Å². The van der Waals surface area contributed by atoms with Gasteiger partial charge in [0.15, 0.2) is 0 Å². The van der Waals surface area contributed by atoms with Crippen molar-refractivity contribution in [1.82, 2.24) is 4.90 Å². The SMILES string of the molecule is CCCCOC(=O)CN1CCCC(C)(O)CC1. The number of nitrogens with zero attached hydrogens (tertiary/aromatic N) is 1. The summed E-state index contributed by atoms with van der Waals surface area (Å²) in [6.07, 6.45) is 4.46. The molecular weight excluding hydrogens is 218 g/mol. The van der Waals surface area contributed by atoms with Gasteiger partial charge in [0.05, 0.1) is 18.8 Å². The van der Waals surface area contributed by atoms with Crippen molar-refractivity contribution < 1.29 is 14.6 Å². The summed E-state index contributed by atoms with van der Waals surface area (Å²) in [5.74, 6) is -0.139. The van der Waals surface area contributed by atoms with Gasteiger partial charge in [0, 0.05) is 6.54 Å². The Balaban J connectivity index is 2.24. The third-order valence-corrected chi connectivity index (χ3v) is 3.27. The van der Waals surface area contributed by atoms with Crippen molar-refractivity contribution in [3.63, 3.8) is 0 Å². The van der Waals surface area contributed by atoms with Gasteiger partial charge in [-0.3, -0.25) is 9.69 Å². The smallest absolute Gasteiger partial charge is 0.320 e. The molecule has 100 valence electrons. The van der Waals surface area contributed by atoms with E-state index in [1.807, 2.05) is 6.92 Å². The zero-order valence-corrected chi connectivity index (χ0v) is 11.1. The molecule has 1 atom stereocenters. The number of hydrogen-bond donors (Lipinski definition) is 1. The Kier molecular flexibility index (Phi) is 5.92. The van der Waals surface area contributed by atoms with Gasteiger partial charge in [-0.15, -0.1) is 0 Å². The molecule has 1 unspecified atom stereocenters. The molecule has 0 aromatic rings. The highest BCUT2D eigenvalue weighted by Gasteiger charge is 2.25. The van der Waals surface area contributed by atoms with Crippen LogP contribution in [0.3, 0.4) is 0 Å². The van der Waals surface area contributed by atoms with Gasteiger partial charge in [0.2, 0.25) is 0 Å². The van der Waals surface area contributed by atoms with E-state index in [4.69, 9.17) is 4.74 Å². The Labute approximate surface area is 104 Å². The molecule has 0 bridgehead atoms. The fraction of sp³-hybridized carbons (Fsp3) is 0.923. The Morgan fingerprint density at radius 3 is 2.88 bits per heavy atom. The molecule has 1 aliphatic heterocycles. The zero-order chi connectivity index (χ0) is 12.7. The van der Waals surface area contributed by atoms with Gasteiger partial charge in [0.25, 0.3) is 0 Å². The second-order valence-corrected chi connectivity index (χ2v) is 5.20. The third-order valence-electron chi connectivity index (χ3n) is 3.27. The lowest BCUT2D eigenvalue weighted by Crippen LogP contribution is -2.33. The number of aliphatic hydroxyl groups is 1. The van der Waals surface area contributed by atoms with Crippen LogP contribution in [0.15, 0.2) is 0 Å². The predicted molar refractivity (Wildman–Crippen MR) is 66.8 cm³/mol. The van der Waals surface area contributed by atoms with Gasteiger partial charge in [-0.1, -0.05) is 13.3 Å². The van der Waals surface area contributed by atoms with Gasteiger partial charge in [0.1, 0.15) is 0 Å². The molecule has 17 heavy (non-hydrogen) atoms. The molecule has 4 nitrogen and oxygen atoms in total. The molecular formula is C13H25NO3. The first-order valence-corrected chi connectivity index (χ1v) is 6.64. The average Bonchev–Trinajstić information content (AvgIpc) is 2.41. The van der Waals surface area contributed by atoms with Crippen LogP contribution in [0.5, 0.6) is 0 Å². The first kappa shape index (κ1) is 14.5. The molecule has 1 fully saturated rings. The highest BCUT2D eigenvalue weighted by Crippen LogP contribution is 2.21. The molecule has 0 radical (unpaired) electrons. The summed E-state index contributed by atoms with van der Waals surface area (Å²) >= 11 is 0. The number of likely N-dealkylation sites (tertiary alicyclic amines) is 1. The van der Waals surface area contributed by atoms with E-state index in [9.17, 15) is 9.90 Å². The van der Waals surface area contributed by atoms with Crippen molar-refractivity contribution in [2.75, 3.05) is 26.2 Å². The number of carbonyl (C=O) groups is 1. The number of unbranched alkanes of at least 4 members (excludes halogenated alkanes) is 1. The minimum Gasteiger partial charge on any atom is -0.465 e. The van der Waals surface area contributed by atoms with Gasteiger partial charge in [-0.05, 0) is 39.2 Å². The van der Waals surface area contributed by atoms with Crippen molar-refractivity contribution in [2.45, 2.75) is 51.6 Å². The van der Waals surface area contributed by atoms with Crippen molar-refractivity contribution >= 4 is 5.97 Å². The van der Waals surface area contributed by atoms with Crippen LogP contribution in [0.4, 0.5) is 0 Å². The molecule has 0 saturated carbocycles. The third kappa shape index (κ3) is 6.03. The van der Waals surface area contributed by atoms with Crippen LogP contribution in [-0.4, -0.2) is 47.8 Å². The Bertz CT molecular complexity index is 241. The summed E-state index contributed by atoms with van der Waals surface area (Å²) in [5.41, 5.74) is -0.569. The van der Waals surface area contributed by atoms with Crippen LogP contribution in [-0.2, 0) is 9.53 Å². The first-order chi connectivity index (χ1) is 8.03. The van der Waals surface area contributed by atoms with Crippen molar-refractivity contribution in [3.8, 4) is 0 Å². The van der Waals surface area contributed by atoms with E-state index in [0.29, 0.717) is 13.2 Å². The lowest BCUT2D eigenvalue weighted by atomic mass is 9.98. The molecule has 1 heterocycles. The van der Waals surface area contributed by atoms with E-state index in [1.165, 1.54) is 0 Å². The molecule has 1 saturated heterocycles. The Morgan fingerprint density at radius 1 is 1.41 bits per heavy atom. The molecule has 1 N–H and O–H groups in total. The average molecular weight is 243 g/mol. The highest BCUT2D eigenvalue weighted by molar-refractivity contribution is 5.71. The van der Waals surface area contributed by atoms with Gasteiger partial charge in [-0.2, -0.15) is 0 Å². The summed E-state index contributed by atoms with van der Waals surface area (Å²) in [6, 6.07) is 0. The standard InChI is InChI=1S/C13H25NO3/c1-3-4-10-17-12(15)11-14-8-5-6-13(2,16)7-9-14/h16H,3-11H2,1-2H3. The lowest BCUT2D eigenvalue weighted by Gasteiger charge is -2.21. The number of esters is 1. The predicted octanol–water partition coefficient (Wildman–Crippen LogP) is 1.57. The van der Waals surface area contributed by atoms with Crippen molar-refractivity contribution in [1.29, 1.82) is 0 Å². The molecule has 0 aromatic heterocycles. The van der Waals surface area contributed by atoms with E-state index >= 15 is 0 Å². The Morgan fingerprint density at radius 2 is 2.18 bits per heavy atom. The Hall–Kier alpha value is -0.610. The van der Waals surface area contributed by atoms with Gasteiger partial charge >= 0.3 is 5.97 Å². The maximum Gasteiger partial charge on any atom is 0.320 e. The van der Waals surface area contributed by atoms with Crippen LogP contribution < -0.4 is 0 Å². The van der Waals surface area contributed by atoms with E-state index in [2.05, 4.69) is 11.8 Å². The molecule has 4 heteroatoms. The van der Waals surface area contributed by atoms with Gasteiger partial charge < -0.3 is 9.84 Å². The number of hydrogen-bond acceptors (Lipinski definition) is 4. The van der Waals surface area contributed by atoms with Gasteiger partial charge in [-0.25, -0.2) is 0 Å². The molecule has 0 spiro atoms. The normalized spacial score (nSPS) is 26.5. The topological polar surface area (TPSA) is 49.8 Å². The fourth-order valence-corrected chi connectivity index (χ4v) is 2.04. The minimum atomic E-state index is -0.569. The first-order valence-electron chi connectivity index (χ1n) is 6.64. The quantitative estimate of drug-likeness (QED) is 0.588. The zero-order valence-electron chi connectivity index (χ0n) is 11.1. The van der Waals surface area contributed by atoms with E-state index in [-0.39, 0.29) is 5.97 Å². The second-order valence-electron chi connectivity index (χ2n) is 5.20. The van der Waals surface area contributed by atoms with Crippen molar-refractivity contribution in [3.05, 3.63) is 0 Å². The maximum atomic E-state index is 11.5. The second kappa shape index (κ2) is 6.97. The summed E-state index contributed by atoms with van der Waals surface area (Å²) in [5, 5.41) is 9.94. The molecule has 0 aliphatic carbocycles. The summed E-state index contributed by atoms with van der Waals surface area (Å²) in [7, 11) is 0. The fourth-order valence-electron chi connectivity index (χ4n) is 2.04. The largest absolute Gasteiger partial charge is 0.465 e. The number of rotatable bonds is 5. The van der Waals surface area contributed by atoms with Crippen LogP contribution in [0, 0.1) is 0 Å². The monoisotopic (exact) mass is 243 g/mol. The lowest BCUT2D eigenvalue weighted by molar-refractivity contribution is -0.145. The molecule has 1 aliphatic rings. The molecule has 1 rings (SSSR count). The summed E-state index contributed by atoms with van der Waals surface area (Å²) < 4.78 is 5.13. The molecule has 0 amide bonds. The van der Waals surface area contributed by atoms with Crippen LogP contribution in [0.1, 0.15) is 46.0 Å².